The first-order valence-electron chi connectivity index (χ1n) is 4.96. The van der Waals surface area contributed by atoms with Crippen LogP contribution < -0.4 is 16.4 Å². The van der Waals surface area contributed by atoms with Crippen LogP contribution in [0.15, 0.2) is 0 Å². The molecule has 1 aliphatic rings. The van der Waals surface area contributed by atoms with Gasteiger partial charge in [-0.05, 0) is 25.4 Å². The zero-order chi connectivity index (χ0) is 9.68. The predicted octanol–water partition coefficient (Wildman–Crippen LogP) is -0.551. The van der Waals surface area contributed by atoms with Gasteiger partial charge in [0.2, 0.25) is 5.91 Å². The zero-order valence-corrected chi connectivity index (χ0v) is 8.18. The fraction of sp³-hybridized carbons (Fsp3) is 0.889. The van der Waals surface area contributed by atoms with Crippen LogP contribution in [0.25, 0.3) is 0 Å². The molecule has 1 fully saturated rings. The van der Waals surface area contributed by atoms with Gasteiger partial charge in [-0.1, -0.05) is 6.92 Å². The van der Waals surface area contributed by atoms with Crippen molar-refractivity contribution in [3.05, 3.63) is 0 Å². The minimum atomic E-state index is 0.123. The molecule has 1 aliphatic heterocycles. The molecule has 4 heteroatoms. The molecular formula is C9H19N3O. The van der Waals surface area contributed by atoms with Gasteiger partial charge >= 0.3 is 0 Å². The lowest BCUT2D eigenvalue weighted by Crippen LogP contribution is -2.36. The lowest BCUT2D eigenvalue weighted by atomic mass is 10.1. The number of amides is 1. The normalized spacial score (nSPS) is 27.5. The number of nitrogens with two attached hydrogens (primary N) is 1. The molecule has 4 nitrogen and oxygen atoms in total. The fourth-order valence-electron chi connectivity index (χ4n) is 1.60. The van der Waals surface area contributed by atoms with Gasteiger partial charge in [0.15, 0.2) is 0 Å². The van der Waals surface area contributed by atoms with Crippen LogP contribution in [0.5, 0.6) is 0 Å². The van der Waals surface area contributed by atoms with E-state index in [-0.39, 0.29) is 5.91 Å². The number of hydrogen-bond donors (Lipinski definition) is 3. The van der Waals surface area contributed by atoms with Crippen molar-refractivity contribution < 1.29 is 4.79 Å². The first kappa shape index (κ1) is 10.5. The quantitative estimate of drug-likeness (QED) is 0.550. The van der Waals surface area contributed by atoms with E-state index in [1.807, 2.05) is 6.92 Å². The molecule has 0 aromatic heterocycles. The third kappa shape index (κ3) is 3.32. The van der Waals surface area contributed by atoms with Gasteiger partial charge < -0.3 is 16.4 Å². The van der Waals surface area contributed by atoms with E-state index >= 15 is 0 Å². The Bertz CT molecular complexity index is 172. The molecule has 0 bridgehead atoms. The third-order valence-corrected chi connectivity index (χ3v) is 2.51. The molecule has 1 amide bonds. The summed E-state index contributed by atoms with van der Waals surface area (Å²) in [6.45, 7) is 4.33. The smallest absolute Gasteiger partial charge is 0.219 e. The van der Waals surface area contributed by atoms with Crippen LogP contribution in [-0.4, -0.2) is 31.6 Å². The highest BCUT2D eigenvalue weighted by Gasteiger charge is 2.22. The molecule has 1 rings (SSSR count). The van der Waals surface area contributed by atoms with E-state index in [1.54, 1.807) is 0 Å². The zero-order valence-electron chi connectivity index (χ0n) is 8.18. The van der Waals surface area contributed by atoms with Gasteiger partial charge in [0.1, 0.15) is 0 Å². The highest BCUT2D eigenvalue weighted by molar-refractivity contribution is 5.75. The highest BCUT2D eigenvalue weighted by Crippen LogP contribution is 2.11. The van der Waals surface area contributed by atoms with Crippen molar-refractivity contribution in [1.82, 2.24) is 10.6 Å². The van der Waals surface area contributed by atoms with E-state index in [0.29, 0.717) is 18.4 Å². The minimum absolute atomic E-state index is 0.123. The molecule has 0 aromatic carbocycles. The summed E-state index contributed by atoms with van der Waals surface area (Å²) in [6.07, 6.45) is 1.65. The number of rotatable bonds is 4. The maximum Gasteiger partial charge on any atom is 0.219 e. The van der Waals surface area contributed by atoms with Crippen molar-refractivity contribution in [2.24, 2.45) is 11.7 Å². The van der Waals surface area contributed by atoms with E-state index in [9.17, 15) is 4.79 Å². The second-order valence-corrected chi connectivity index (χ2v) is 3.60. The van der Waals surface area contributed by atoms with E-state index in [2.05, 4.69) is 10.6 Å². The van der Waals surface area contributed by atoms with Gasteiger partial charge in [-0.2, -0.15) is 0 Å². The Hall–Kier alpha value is -0.610. The second-order valence-electron chi connectivity index (χ2n) is 3.60. The van der Waals surface area contributed by atoms with Crippen LogP contribution in [0.2, 0.25) is 0 Å². The Morgan fingerprint density at radius 3 is 3.00 bits per heavy atom. The van der Waals surface area contributed by atoms with E-state index in [0.717, 1.165) is 26.1 Å². The number of hydrogen-bond acceptors (Lipinski definition) is 3. The van der Waals surface area contributed by atoms with E-state index in [1.165, 1.54) is 0 Å². The molecule has 13 heavy (non-hydrogen) atoms. The number of carbonyl (C=O) groups is 1. The van der Waals surface area contributed by atoms with Crippen LogP contribution in [0.1, 0.15) is 19.8 Å². The Kier molecular flexibility index (Phi) is 4.18. The topological polar surface area (TPSA) is 67.2 Å². The molecule has 0 radical (unpaired) electrons. The van der Waals surface area contributed by atoms with Crippen LogP contribution >= 0.6 is 0 Å². The lowest BCUT2D eigenvalue weighted by Gasteiger charge is -2.10. The van der Waals surface area contributed by atoms with Crippen molar-refractivity contribution in [2.75, 3.05) is 19.6 Å². The van der Waals surface area contributed by atoms with Crippen LogP contribution in [0, 0.1) is 5.92 Å². The van der Waals surface area contributed by atoms with Gasteiger partial charge in [0.05, 0.1) is 0 Å². The summed E-state index contributed by atoms with van der Waals surface area (Å²) in [5.74, 6) is 0.710. The minimum Gasteiger partial charge on any atom is -0.355 e. The van der Waals surface area contributed by atoms with Crippen LogP contribution in [0.4, 0.5) is 0 Å². The lowest BCUT2D eigenvalue weighted by molar-refractivity contribution is -0.120. The van der Waals surface area contributed by atoms with Gasteiger partial charge in [-0.15, -0.1) is 0 Å². The summed E-state index contributed by atoms with van der Waals surface area (Å²) in [7, 11) is 0. The van der Waals surface area contributed by atoms with Gasteiger partial charge in [-0.3, -0.25) is 4.79 Å². The molecule has 0 aromatic rings. The van der Waals surface area contributed by atoms with Crippen molar-refractivity contribution in [1.29, 1.82) is 0 Å². The molecule has 1 saturated heterocycles. The van der Waals surface area contributed by atoms with Crippen molar-refractivity contribution in [3.8, 4) is 0 Å². The second kappa shape index (κ2) is 5.19. The van der Waals surface area contributed by atoms with E-state index in [4.69, 9.17) is 5.73 Å². The largest absolute Gasteiger partial charge is 0.355 e. The van der Waals surface area contributed by atoms with Crippen LogP contribution in [-0.2, 0) is 4.79 Å². The molecular weight excluding hydrogens is 166 g/mol. The molecule has 1 heterocycles. The SMILES string of the molecule is CCC(=O)NC[C@@H]1C[C@H](CN)CN1. The molecule has 0 saturated carbocycles. The summed E-state index contributed by atoms with van der Waals surface area (Å²) >= 11 is 0. The Morgan fingerprint density at radius 1 is 1.69 bits per heavy atom. The highest BCUT2D eigenvalue weighted by atomic mass is 16.1. The Labute approximate surface area is 79.3 Å². The Morgan fingerprint density at radius 2 is 2.46 bits per heavy atom. The van der Waals surface area contributed by atoms with E-state index < -0.39 is 0 Å². The van der Waals surface area contributed by atoms with Crippen LogP contribution in [0.3, 0.4) is 0 Å². The van der Waals surface area contributed by atoms with Gasteiger partial charge in [0.25, 0.3) is 0 Å². The summed E-state index contributed by atoms with van der Waals surface area (Å²) in [4.78, 5) is 11.0. The van der Waals surface area contributed by atoms with Crippen molar-refractivity contribution >= 4 is 5.91 Å². The monoisotopic (exact) mass is 185 g/mol. The van der Waals surface area contributed by atoms with Gasteiger partial charge in [0, 0.05) is 19.0 Å². The summed E-state index contributed by atoms with van der Waals surface area (Å²) in [5, 5.41) is 6.22. The summed E-state index contributed by atoms with van der Waals surface area (Å²) in [5.41, 5.74) is 5.55. The Balaban J connectivity index is 2.13. The molecule has 76 valence electrons. The molecule has 0 unspecified atom stereocenters. The fourth-order valence-corrected chi connectivity index (χ4v) is 1.60. The van der Waals surface area contributed by atoms with Gasteiger partial charge in [-0.25, -0.2) is 0 Å². The predicted molar refractivity (Wildman–Crippen MR) is 52.3 cm³/mol. The first-order valence-corrected chi connectivity index (χ1v) is 4.96. The molecule has 2 atom stereocenters. The number of nitrogens with one attached hydrogen (secondary N) is 2. The summed E-state index contributed by atoms with van der Waals surface area (Å²) < 4.78 is 0. The van der Waals surface area contributed by atoms with Crippen molar-refractivity contribution in [3.63, 3.8) is 0 Å². The maximum atomic E-state index is 11.0. The summed E-state index contributed by atoms with van der Waals surface area (Å²) in [6, 6.07) is 0.420. The maximum absolute atomic E-state index is 11.0. The molecule has 0 spiro atoms. The molecule has 0 aliphatic carbocycles. The first-order chi connectivity index (χ1) is 6.26. The van der Waals surface area contributed by atoms with Crippen molar-refractivity contribution in [2.45, 2.75) is 25.8 Å². The molecule has 4 N–H and O–H groups in total. The average Bonchev–Trinajstić information content (AvgIpc) is 2.61. The number of carbonyl (C=O) groups excluding carboxylic acids is 1. The standard InChI is InChI=1S/C9H19N3O/c1-2-9(13)12-6-8-3-7(4-10)5-11-8/h7-8,11H,2-6,10H2,1H3,(H,12,13)/t7-,8+/m1/s1. The average molecular weight is 185 g/mol. The third-order valence-electron chi connectivity index (χ3n) is 2.51.